The molecule has 1 heterocycles. The number of rotatable bonds is 2. The highest BCUT2D eigenvalue weighted by molar-refractivity contribution is 7.11. The Morgan fingerprint density at radius 2 is 2.12 bits per heavy atom. The molecule has 0 fully saturated rings. The van der Waals surface area contributed by atoms with Crippen LogP contribution in [-0.4, -0.2) is 8.88 Å². The number of nitro benzene ring substituents is 1. The maximum Gasteiger partial charge on any atom is 0.271 e. The summed E-state index contributed by atoms with van der Waals surface area (Å²) in [5.74, 6) is 0. The first-order valence-corrected chi connectivity index (χ1v) is 5.37. The second kappa shape index (κ2) is 4.07. The quantitative estimate of drug-likeness (QED) is 0.612. The molecular weight excluding hydrogens is 252 g/mol. The van der Waals surface area contributed by atoms with Crippen LogP contribution in [-0.2, 0) is 0 Å². The van der Waals surface area contributed by atoms with Gasteiger partial charge in [0.2, 0.25) is 0 Å². The van der Waals surface area contributed by atoms with Crippen LogP contribution >= 0.6 is 23.1 Å². The van der Waals surface area contributed by atoms with E-state index in [0.29, 0.717) is 10.0 Å². The molecule has 16 heavy (non-hydrogen) atoms. The van der Waals surface area contributed by atoms with E-state index >= 15 is 0 Å². The molecule has 0 N–H and O–H groups in total. The molecule has 0 spiro atoms. The summed E-state index contributed by atoms with van der Waals surface area (Å²) >= 11 is 6.72. The lowest BCUT2D eigenvalue weighted by Gasteiger charge is -1.99. The number of benzene rings is 1. The molecule has 0 bridgehead atoms. The molecule has 2 aromatic rings. The normalized spacial score (nSPS) is 10.3. The SMILES string of the molecule is O=c1cc(Cl)sn1-c1cccc([N+](=O)[O-])c1. The van der Waals surface area contributed by atoms with Crippen LogP contribution in [0, 0.1) is 10.1 Å². The lowest BCUT2D eigenvalue weighted by atomic mass is 10.3. The van der Waals surface area contributed by atoms with Gasteiger partial charge in [0.05, 0.1) is 10.6 Å². The Balaban J connectivity index is 2.56. The van der Waals surface area contributed by atoms with E-state index in [1.807, 2.05) is 0 Å². The minimum Gasteiger partial charge on any atom is -0.268 e. The van der Waals surface area contributed by atoms with Crippen LogP contribution in [0.25, 0.3) is 5.69 Å². The van der Waals surface area contributed by atoms with Crippen molar-refractivity contribution in [3.05, 3.63) is 55.1 Å². The van der Waals surface area contributed by atoms with Crippen molar-refractivity contribution in [2.75, 3.05) is 0 Å². The number of halogens is 1. The number of aromatic nitrogens is 1. The van der Waals surface area contributed by atoms with E-state index in [1.165, 1.54) is 28.2 Å². The zero-order valence-corrected chi connectivity index (χ0v) is 9.36. The highest BCUT2D eigenvalue weighted by atomic mass is 35.5. The van der Waals surface area contributed by atoms with Crippen molar-refractivity contribution in [2.24, 2.45) is 0 Å². The molecule has 0 unspecified atom stereocenters. The summed E-state index contributed by atoms with van der Waals surface area (Å²) in [6.07, 6.45) is 0. The third kappa shape index (κ3) is 1.98. The maximum absolute atomic E-state index is 11.4. The van der Waals surface area contributed by atoms with Gasteiger partial charge in [-0.1, -0.05) is 17.7 Å². The molecule has 0 saturated carbocycles. The van der Waals surface area contributed by atoms with Crippen LogP contribution in [0.2, 0.25) is 4.34 Å². The predicted octanol–water partition coefficient (Wildman–Crippen LogP) is 2.46. The number of hydrogen-bond acceptors (Lipinski definition) is 4. The first kappa shape index (κ1) is 10.8. The first-order chi connectivity index (χ1) is 7.58. The molecule has 0 aliphatic carbocycles. The average molecular weight is 257 g/mol. The Morgan fingerprint density at radius 1 is 1.38 bits per heavy atom. The predicted molar refractivity (Wildman–Crippen MR) is 61.6 cm³/mol. The third-order valence-corrected chi connectivity index (χ3v) is 3.07. The second-order valence-corrected chi connectivity index (χ2v) is 4.57. The van der Waals surface area contributed by atoms with Gasteiger partial charge in [0.1, 0.15) is 4.34 Å². The van der Waals surface area contributed by atoms with E-state index in [9.17, 15) is 14.9 Å². The van der Waals surface area contributed by atoms with Gasteiger partial charge in [0.15, 0.2) is 0 Å². The molecule has 2 rings (SSSR count). The van der Waals surface area contributed by atoms with Crippen molar-refractivity contribution >= 4 is 28.8 Å². The standard InChI is InChI=1S/C9H5ClN2O3S/c10-8-5-9(13)11(16-8)6-2-1-3-7(4-6)12(14)15/h1-5H. The van der Waals surface area contributed by atoms with Crippen molar-refractivity contribution in [3.63, 3.8) is 0 Å². The Labute approximate surface area is 98.8 Å². The number of non-ortho nitro benzene ring substituents is 1. The molecule has 1 aromatic heterocycles. The van der Waals surface area contributed by atoms with Gasteiger partial charge in [0.25, 0.3) is 11.2 Å². The van der Waals surface area contributed by atoms with Gasteiger partial charge < -0.3 is 0 Å². The molecule has 82 valence electrons. The summed E-state index contributed by atoms with van der Waals surface area (Å²) in [6, 6.07) is 7.10. The van der Waals surface area contributed by atoms with Gasteiger partial charge in [-0.25, -0.2) is 3.96 Å². The smallest absolute Gasteiger partial charge is 0.268 e. The van der Waals surface area contributed by atoms with Crippen LogP contribution in [0.4, 0.5) is 5.69 Å². The fourth-order valence-corrected chi connectivity index (χ4v) is 2.22. The molecule has 0 amide bonds. The first-order valence-electron chi connectivity index (χ1n) is 4.21. The van der Waals surface area contributed by atoms with Crippen LogP contribution in [0.15, 0.2) is 35.1 Å². The van der Waals surface area contributed by atoms with Crippen LogP contribution in [0.5, 0.6) is 0 Å². The number of nitro groups is 1. The minimum atomic E-state index is -0.510. The van der Waals surface area contributed by atoms with E-state index in [4.69, 9.17) is 11.6 Å². The number of nitrogens with zero attached hydrogens (tertiary/aromatic N) is 2. The second-order valence-electron chi connectivity index (χ2n) is 2.95. The summed E-state index contributed by atoms with van der Waals surface area (Å²) in [5.41, 5.74) is 0.0838. The summed E-state index contributed by atoms with van der Waals surface area (Å²) in [7, 11) is 0. The fourth-order valence-electron chi connectivity index (χ4n) is 1.23. The molecule has 0 radical (unpaired) electrons. The molecule has 0 aliphatic rings. The van der Waals surface area contributed by atoms with Gasteiger partial charge in [-0.05, 0) is 17.6 Å². The largest absolute Gasteiger partial charge is 0.271 e. The highest BCUT2D eigenvalue weighted by Gasteiger charge is 2.09. The molecule has 7 heteroatoms. The Bertz CT molecular complexity index is 605. The van der Waals surface area contributed by atoms with Gasteiger partial charge >= 0.3 is 0 Å². The van der Waals surface area contributed by atoms with E-state index in [1.54, 1.807) is 6.07 Å². The Hall–Kier alpha value is -1.66. The fraction of sp³-hybridized carbons (Fsp3) is 0. The molecular formula is C9H5ClN2O3S. The van der Waals surface area contributed by atoms with E-state index in [-0.39, 0.29) is 11.2 Å². The van der Waals surface area contributed by atoms with E-state index in [2.05, 4.69) is 0 Å². The zero-order chi connectivity index (χ0) is 11.7. The minimum absolute atomic E-state index is 0.0612. The van der Waals surface area contributed by atoms with E-state index < -0.39 is 4.92 Å². The summed E-state index contributed by atoms with van der Waals surface area (Å²) in [4.78, 5) is 21.5. The molecule has 0 atom stereocenters. The van der Waals surface area contributed by atoms with Gasteiger partial charge in [-0.3, -0.25) is 14.9 Å². The molecule has 5 nitrogen and oxygen atoms in total. The van der Waals surface area contributed by atoms with Crippen LogP contribution in [0.3, 0.4) is 0 Å². The van der Waals surface area contributed by atoms with Crippen molar-refractivity contribution in [2.45, 2.75) is 0 Å². The third-order valence-electron chi connectivity index (χ3n) is 1.89. The molecule has 0 aliphatic heterocycles. The average Bonchev–Trinajstić information content (AvgIpc) is 2.58. The monoisotopic (exact) mass is 256 g/mol. The van der Waals surface area contributed by atoms with Gasteiger partial charge in [-0.2, -0.15) is 0 Å². The summed E-state index contributed by atoms with van der Waals surface area (Å²) < 4.78 is 1.64. The Kier molecular flexibility index (Phi) is 2.76. The van der Waals surface area contributed by atoms with Crippen molar-refractivity contribution in [1.29, 1.82) is 0 Å². The lowest BCUT2D eigenvalue weighted by Crippen LogP contribution is -2.09. The van der Waals surface area contributed by atoms with Crippen molar-refractivity contribution in [1.82, 2.24) is 3.96 Å². The van der Waals surface area contributed by atoms with E-state index in [0.717, 1.165) is 11.5 Å². The molecule has 1 aromatic carbocycles. The van der Waals surface area contributed by atoms with Crippen LogP contribution in [0.1, 0.15) is 0 Å². The maximum atomic E-state index is 11.4. The van der Waals surface area contributed by atoms with Crippen LogP contribution < -0.4 is 5.56 Å². The van der Waals surface area contributed by atoms with Crippen molar-refractivity contribution in [3.8, 4) is 5.69 Å². The zero-order valence-electron chi connectivity index (χ0n) is 7.79. The summed E-state index contributed by atoms with van der Waals surface area (Å²) in [5, 5.41) is 10.6. The highest BCUT2D eigenvalue weighted by Crippen LogP contribution is 2.20. The topological polar surface area (TPSA) is 65.1 Å². The Morgan fingerprint density at radius 3 is 2.69 bits per heavy atom. The lowest BCUT2D eigenvalue weighted by molar-refractivity contribution is -0.384. The summed E-state index contributed by atoms with van der Waals surface area (Å²) in [6.45, 7) is 0. The van der Waals surface area contributed by atoms with Gasteiger partial charge in [-0.15, -0.1) is 0 Å². The molecule has 0 saturated heterocycles. The van der Waals surface area contributed by atoms with Gasteiger partial charge in [0, 0.05) is 18.2 Å². The number of hydrogen-bond donors (Lipinski definition) is 0. The van der Waals surface area contributed by atoms with Crippen molar-refractivity contribution < 1.29 is 4.92 Å².